The van der Waals surface area contributed by atoms with E-state index in [1.165, 1.54) is 0 Å². The van der Waals surface area contributed by atoms with Crippen LogP contribution in [0, 0.1) is 0 Å². The van der Waals surface area contributed by atoms with E-state index >= 15 is 0 Å². The zero-order valence-electron chi connectivity index (χ0n) is 11.5. The molecule has 106 valence electrons. The lowest BCUT2D eigenvalue weighted by molar-refractivity contribution is 0.158. The molecule has 2 aromatic rings. The third-order valence-corrected chi connectivity index (χ3v) is 3.17. The lowest BCUT2D eigenvalue weighted by Gasteiger charge is -2.19. The lowest BCUT2D eigenvalue weighted by atomic mass is 10.1. The summed E-state index contributed by atoms with van der Waals surface area (Å²) >= 11 is 0. The van der Waals surface area contributed by atoms with Crippen molar-refractivity contribution in [2.45, 2.75) is 6.92 Å². The van der Waals surface area contributed by atoms with Gasteiger partial charge >= 0.3 is 0 Å². The number of nitrogens with zero attached hydrogens (tertiary/aromatic N) is 1. The summed E-state index contributed by atoms with van der Waals surface area (Å²) in [7, 11) is 0. The Morgan fingerprint density at radius 1 is 1.25 bits per heavy atom. The van der Waals surface area contributed by atoms with Gasteiger partial charge in [0.15, 0.2) is 11.5 Å². The molecule has 0 spiro atoms. The van der Waals surface area contributed by atoms with Gasteiger partial charge in [-0.1, -0.05) is 0 Å². The van der Waals surface area contributed by atoms with Gasteiger partial charge < -0.3 is 19.5 Å². The van der Waals surface area contributed by atoms with Gasteiger partial charge in [-0.3, -0.25) is 0 Å². The predicted molar refractivity (Wildman–Crippen MR) is 77.7 cm³/mol. The number of benzene rings is 1. The molecule has 1 aliphatic rings. The van der Waals surface area contributed by atoms with E-state index in [9.17, 15) is 0 Å². The maximum absolute atomic E-state index is 5.62. The molecular formula is C15H18N2O3. The summed E-state index contributed by atoms with van der Waals surface area (Å²) in [5, 5.41) is 5.42. The van der Waals surface area contributed by atoms with Crippen LogP contribution < -0.4 is 14.8 Å². The summed E-state index contributed by atoms with van der Waals surface area (Å²) in [5.41, 5.74) is 0. The Bertz CT molecular complexity index is 601. The molecule has 0 aliphatic carbocycles. The van der Waals surface area contributed by atoms with Crippen LogP contribution in [0.5, 0.6) is 11.5 Å². The molecular weight excluding hydrogens is 256 g/mol. The highest BCUT2D eigenvalue weighted by Gasteiger charge is 2.14. The van der Waals surface area contributed by atoms with Crippen molar-refractivity contribution in [3.05, 3.63) is 24.4 Å². The van der Waals surface area contributed by atoms with Gasteiger partial charge in [-0.05, 0) is 30.5 Å². The van der Waals surface area contributed by atoms with Gasteiger partial charge in [-0.2, -0.15) is 0 Å². The van der Waals surface area contributed by atoms with Crippen LogP contribution in [-0.4, -0.2) is 38.0 Å². The molecule has 0 saturated carbocycles. The molecule has 0 fully saturated rings. The molecule has 0 saturated heterocycles. The number of anilines is 1. The summed E-state index contributed by atoms with van der Waals surface area (Å²) < 4.78 is 16.5. The quantitative estimate of drug-likeness (QED) is 0.849. The number of pyridine rings is 1. The molecule has 20 heavy (non-hydrogen) atoms. The first-order valence-electron chi connectivity index (χ1n) is 6.88. The molecule has 0 radical (unpaired) electrons. The van der Waals surface area contributed by atoms with E-state index in [1.54, 1.807) is 6.20 Å². The predicted octanol–water partition coefficient (Wildman–Crippen LogP) is 2.45. The van der Waals surface area contributed by atoms with Crippen LogP contribution in [0.4, 0.5) is 5.82 Å². The van der Waals surface area contributed by atoms with E-state index in [1.807, 2.05) is 25.1 Å². The maximum Gasteiger partial charge on any atom is 0.162 e. The second kappa shape index (κ2) is 5.96. The second-order valence-electron chi connectivity index (χ2n) is 4.50. The van der Waals surface area contributed by atoms with Gasteiger partial charge in [0.05, 0.1) is 6.61 Å². The minimum absolute atomic E-state index is 0.589. The molecule has 5 heteroatoms. The number of rotatable bonds is 5. The fourth-order valence-electron chi connectivity index (χ4n) is 2.24. The number of nitrogens with one attached hydrogen (secondary N) is 1. The zero-order valence-corrected chi connectivity index (χ0v) is 11.5. The van der Waals surface area contributed by atoms with Crippen LogP contribution in [0.1, 0.15) is 6.92 Å². The Morgan fingerprint density at radius 2 is 2.05 bits per heavy atom. The average molecular weight is 274 g/mol. The highest BCUT2D eigenvalue weighted by Crippen LogP contribution is 2.36. The summed E-state index contributed by atoms with van der Waals surface area (Å²) in [4.78, 5) is 4.39. The molecule has 0 amide bonds. The number of hydrogen-bond donors (Lipinski definition) is 1. The second-order valence-corrected chi connectivity index (χ2v) is 4.50. The Balaban J connectivity index is 1.88. The molecule has 1 aromatic carbocycles. The first-order valence-corrected chi connectivity index (χ1v) is 6.88. The van der Waals surface area contributed by atoms with Crippen molar-refractivity contribution in [3.8, 4) is 11.5 Å². The Morgan fingerprint density at radius 3 is 2.85 bits per heavy atom. The SMILES string of the molecule is CCOCCNc1nccc2cc3c(cc12)OCCO3. The summed E-state index contributed by atoms with van der Waals surface area (Å²) in [6.45, 7) is 5.30. The van der Waals surface area contributed by atoms with Gasteiger partial charge in [-0.15, -0.1) is 0 Å². The van der Waals surface area contributed by atoms with Crippen molar-refractivity contribution in [1.82, 2.24) is 4.98 Å². The molecule has 1 aromatic heterocycles. The van der Waals surface area contributed by atoms with E-state index < -0.39 is 0 Å². The standard InChI is InChI=1S/C15H18N2O3/c1-2-18-6-5-17-15-12-10-14-13(19-7-8-20-14)9-11(12)3-4-16-15/h3-4,9-10H,2,5-8H2,1H3,(H,16,17). The van der Waals surface area contributed by atoms with Gasteiger partial charge in [0.1, 0.15) is 19.0 Å². The van der Waals surface area contributed by atoms with Gasteiger partial charge in [0.25, 0.3) is 0 Å². The number of aromatic nitrogens is 1. The van der Waals surface area contributed by atoms with Crippen LogP contribution in [0.3, 0.4) is 0 Å². The minimum Gasteiger partial charge on any atom is -0.486 e. The molecule has 5 nitrogen and oxygen atoms in total. The Labute approximate surface area is 117 Å². The van der Waals surface area contributed by atoms with E-state index in [4.69, 9.17) is 14.2 Å². The third kappa shape index (κ3) is 2.63. The molecule has 0 bridgehead atoms. The van der Waals surface area contributed by atoms with Gasteiger partial charge in [-0.25, -0.2) is 4.98 Å². The fraction of sp³-hybridized carbons (Fsp3) is 0.400. The summed E-state index contributed by atoms with van der Waals surface area (Å²) in [5.74, 6) is 2.43. The van der Waals surface area contributed by atoms with Crippen LogP contribution in [0.2, 0.25) is 0 Å². The lowest BCUT2D eigenvalue weighted by Crippen LogP contribution is -2.15. The number of hydrogen-bond acceptors (Lipinski definition) is 5. The highest BCUT2D eigenvalue weighted by molar-refractivity contribution is 5.94. The monoisotopic (exact) mass is 274 g/mol. The van der Waals surface area contributed by atoms with Crippen molar-refractivity contribution < 1.29 is 14.2 Å². The average Bonchev–Trinajstić information content (AvgIpc) is 2.50. The smallest absolute Gasteiger partial charge is 0.162 e. The zero-order chi connectivity index (χ0) is 13.8. The molecule has 3 rings (SSSR count). The molecule has 0 atom stereocenters. The first kappa shape index (κ1) is 13.0. The van der Waals surface area contributed by atoms with E-state index in [0.717, 1.165) is 41.2 Å². The van der Waals surface area contributed by atoms with E-state index in [2.05, 4.69) is 10.3 Å². The normalized spacial score (nSPS) is 13.4. The van der Waals surface area contributed by atoms with E-state index in [-0.39, 0.29) is 0 Å². The van der Waals surface area contributed by atoms with Crippen LogP contribution in [-0.2, 0) is 4.74 Å². The first-order chi connectivity index (χ1) is 9.88. The van der Waals surface area contributed by atoms with Gasteiger partial charge in [0, 0.05) is 24.7 Å². The van der Waals surface area contributed by atoms with Crippen LogP contribution >= 0.6 is 0 Å². The van der Waals surface area contributed by atoms with Crippen molar-refractivity contribution in [2.75, 3.05) is 38.3 Å². The fourth-order valence-corrected chi connectivity index (χ4v) is 2.24. The van der Waals surface area contributed by atoms with Crippen molar-refractivity contribution in [3.63, 3.8) is 0 Å². The Kier molecular flexibility index (Phi) is 3.87. The van der Waals surface area contributed by atoms with Crippen LogP contribution in [0.25, 0.3) is 10.8 Å². The van der Waals surface area contributed by atoms with Gasteiger partial charge in [0.2, 0.25) is 0 Å². The maximum atomic E-state index is 5.62. The van der Waals surface area contributed by atoms with Crippen molar-refractivity contribution in [1.29, 1.82) is 0 Å². The molecule has 1 N–H and O–H groups in total. The summed E-state index contributed by atoms with van der Waals surface area (Å²) in [6.07, 6.45) is 1.79. The summed E-state index contributed by atoms with van der Waals surface area (Å²) in [6, 6.07) is 5.96. The minimum atomic E-state index is 0.589. The van der Waals surface area contributed by atoms with Crippen molar-refractivity contribution >= 4 is 16.6 Å². The number of fused-ring (bicyclic) bond motifs is 2. The molecule has 1 aliphatic heterocycles. The van der Waals surface area contributed by atoms with Crippen LogP contribution in [0.15, 0.2) is 24.4 Å². The van der Waals surface area contributed by atoms with Crippen molar-refractivity contribution in [2.24, 2.45) is 0 Å². The molecule has 2 heterocycles. The molecule has 0 unspecified atom stereocenters. The Hall–Kier alpha value is -2.01. The largest absolute Gasteiger partial charge is 0.486 e. The topological polar surface area (TPSA) is 52.6 Å². The third-order valence-electron chi connectivity index (χ3n) is 3.17. The number of ether oxygens (including phenoxy) is 3. The van der Waals surface area contributed by atoms with E-state index in [0.29, 0.717) is 19.8 Å². The highest BCUT2D eigenvalue weighted by atomic mass is 16.6.